The van der Waals surface area contributed by atoms with Crippen LogP contribution < -0.4 is 0 Å². The minimum absolute atomic E-state index is 0.0928. The Morgan fingerprint density at radius 3 is 2.61 bits per heavy atom. The van der Waals surface area contributed by atoms with Gasteiger partial charge < -0.3 is 9.47 Å². The highest BCUT2D eigenvalue weighted by atomic mass is 32.2. The number of hydrogen-bond donors (Lipinski definition) is 0. The van der Waals surface area contributed by atoms with Crippen molar-refractivity contribution in [3.63, 3.8) is 0 Å². The largest absolute Gasteiger partial charge is 0.346 e. The molecule has 1 fully saturated rings. The van der Waals surface area contributed by atoms with Gasteiger partial charge in [0, 0.05) is 18.1 Å². The van der Waals surface area contributed by atoms with Gasteiger partial charge in [-0.1, -0.05) is 35.7 Å². The first-order valence-corrected chi connectivity index (χ1v) is 6.69. The number of benzene rings is 1. The van der Waals surface area contributed by atoms with Crippen molar-refractivity contribution in [1.82, 2.24) is 0 Å². The Labute approximate surface area is 111 Å². The Balaban J connectivity index is 1.92. The minimum Gasteiger partial charge on any atom is -0.346 e. The van der Waals surface area contributed by atoms with Crippen LogP contribution in [-0.2, 0) is 14.3 Å². The van der Waals surface area contributed by atoms with E-state index in [-0.39, 0.29) is 11.4 Å². The molecule has 1 heterocycles. The molecule has 0 bridgehead atoms. The lowest BCUT2D eigenvalue weighted by atomic mass is 10.1. The van der Waals surface area contributed by atoms with Crippen molar-refractivity contribution in [2.24, 2.45) is 0 Å². The van der Waals surface area contributed by atoms with E-state index in [4.69, 9.17) is 9.47 Å². The second-order valence-electron chi connectivity index (χ2n) is 3.78. The zero-order valence-electron chi connectivity index (χ0n) is 10.1. The van der Waals surface area contributed by atoms with E-state index >= 15 is 0 Å². The number of carbonyl (C=O) groups excluding carboxylic acids is 1. The number of carbonyl (C=O) groups is 1. The van der Waals surface area contributed by atoms with Crippen LogP contribution >= 0.6 is 11.8 Å². The normalized spacial score (nSPS) is 15.2. The number of ether oxygens (including phenoxy) is 2. The maximum atomic E-state index is 10.7. The monoisotopic (exact) mass is 262 g/mol. The maximum Gasteiger partial charge on any atom is 0.186 e. The fourth-order valence-corrected chi connectivity index (χ4v) is 1.90. The molecule has 3 nitrogen and oxygen atoms in total. The molecule has 1 aromatic rings. The third kappa shape index (κ3) is 3.88. The summed E-state index contributed by atoms with van der Waals surface area (Å²) in [5.74, 6) is 6.50. The molecular formula is C14H14O3S. The van der Waals surface area contributed by atoms with Gasteiger partial charge >= 0.3 is 0 Å². The zero-order chi connectivity index (χ0) is 12.8. The molecule has 0 aromatic heterocycles. The summed E-state index contributed by atoms with van der Waals surface area (Å²) >= 11 is 1.22. The van der Waals surface area contributed by atoms with E-state index in [1.54, 1.807) is 6.92 Å². The summed E-state index contributed by atoms with van der Waals surface area (Å²) in [6, 6.07) is 7.79. The van der Waals surface area contributed by atoms with Crippen LogP contribution in [0.5, 0.6) is 0 Å². The van der Waals surface area contributed by atoms with Gasteiger partial charge in [0.05, 0.1) is 19.0 Å². The third-order valence-electron chi connectivity index (χ3n) is 2.38. The van der Waals surface area contributed by atoms with Crippen molar-refractivity contribution in [3.05, 3.63) is 35.4 Å². The molecule has 0 N–H and O–H groups in total. The molecule has 0 unspecified atom stereocenters. The Morgan fingerprint density at radius 2 is 2.00 bits per heavy atom. The lowest BCUT2D eigenvalue weighted by Gasteiger charge is -2.08. The topological polar surface area (TPSA) is 35.5 Å². The lowest BCUT2D eigenvalue weighted by molar-refractivity contribution is -0.109. The quantitative estimate of drug-likeness (QED) is 0.767. The molecule has 0 atom stereocenters. The highest BCUT2D eigenvalue weighted by molar-refractivity contribution is 8.13. The van der Waals surface area contributed by atoms with Crippen LogP contribution in [0.2, 0.25) is 0 Å². The highest BCUT2D eigenvalue weighted by Gasteiger charge is 2.17. The van der Waals surface area contributed by atoms with Gasteiger partial charge in [0.2, 0.25) is 0 Å². The molecule has 94 valence electrons. The van der Waals surface area contributed by atoms with Crippen molar-refractivity contribution < 1.29 is 14.3 Å². The molecule has 2 rings (SSSR count). The summed E-state index contributed by atoms with van der Waals surface area (Å²) in [4.78, 5) is 10.7. The SMILES string of the molecule is CC(=O)SCC#Cc1ccc(C2OCCO2)cc1. The van der Waals surface area contributed by atoms with Crippen LogP contribution in [0.1, 0.15) is 24.3 Å². The van der Waals surface area contributed by atoms with Crippen molar-refractivity contribution in [3.8, 4) is 11.8 Å². The predicted molar refractivity (Wildman–Crippen MR) is 71.1 cm³/mol. The van der Waals surface area contributed by atoms with Crippen LogP contribution in [-0.4, -0.2) is 24.1 Å². The Morgan fingerprint density at radius 1 is 1.33 bits per heavy atom. The Bertz CT molecular complexity index is 464. The van der Waals surface area contributed by atoms with Crippen molar-refractivity contribution >= 4 is 16.9 Å². The average Bonchev–Trinajstić information content (AvgIpc) is 2.89. The number of rotatable bonds is 2. The second kappa shape index (κ2) is 6.60. The van der Waals surface area contributed by atoms with E-state index in [0.717, 1.165) is 11.1 Å². The molecule has 0 saturated carbocycles. The maximum absolute atomic E-state index is 10.7. The summed E-state index contributed by atoms with van der Waals surface area (Å²) in [6.07, 6.45) is -0.236. The molecule has 18 heavy (non-hydrogen) atoms. The Kier molecular flexibility index (Phi) is 4.82. The van der Waals surface area contributed by atoms with E-state index < -0.39 is 0 Å². The van der Waals surface area contributed by atoms with Crippen LogP contribution in [0, 0.1) is 11.8 Å². The standard InChI is InChI=1S/C14H14O3S/c1-11(15)18-10-2-3-12-4-6-13(7-5-12)14-16-8-9-17-14/h4-7,14H,8-10H2,1H3. The smallest absolute Gasteiger partial charge is 0.186 e. The highest BCUT2D eigenvalue weighted by Crippen LogP contribution is 2.22. The molecular weight excluding hydrogens is 248 g/mol. The summed E-state index contributed by atoms with van der Waals surface area (Å²) in [7, 11) is 0. The number of thioether (sulfide) groups is 1. The van der Waals surface area contributed by atoms with Gasteiger partial charge in [-0.2, -0.15) is 0 Å². The van der Waals surface area contributed by atoms with Crippen molar-refractivity contribution in [1.29, 1.82) is 0 Å². The first-order valence-electron chi connectivity index (χ1n) is 5.71. The summed E-state index contributed by atoms with van der Waals surface area (Å²) < 4.78 is 10.8. The molecule has 1 saturated heterocycles. The summed E-state index contributed by atoms with van der Waals surface area (Å²) in [5, 5.41) is 0.0928. The van der Waals surface area contributed by atoms with Crippen LogP contribution in [0.15, 0.2) is 24.3 Å². The van der Waals surface area contributed by atoms with Gasteiger partial charge in [0.25, 0.3) is 0 Å². The fraction of sp³-hybridized carbons (Fsp3) is 0.357. The molecule has 1 aliphatic rings. The van der Waals surface area contributed by atoms with E-state index in [1.165, 1.54) is 11.8 Å². The van der Waals surface area contributed by atoms with Crippen LogP contribution in [0.4, 0.5) is 0 Å². The van der Waals surface area contributed by atoms with Gasteiger partial charge in [-0.25, -0.2) is 0 Å². The van der Waals surface area contributed by atoms with E-state index in [1.807, 2.05) is 24.3 Å². The van der Waals surface area contributed by atoms with Crippen LogP contribution in [0.25, 0.3) is 0 Å². The molecule has 0 spiro atoms. The third-order valence-corrected chi connectivity index (χ3v) is 3.08. The van der Waals surface area contributed by atoms with Gasteiger partial charge in [-0.05, 0) is 12.1 Å². The van der Waals surface area contributed by atoms with Gasteiger partial charge in [-0.3, -0.25) is 4.79 Å². The first kappa shape index (κ1) is 13.2. The van der Waals surface area contributed by atoms with Gasteiger partial charge in [-0.15, -0.1) is 0 Å². The van der Waals surface area contributed by atoms with Crippen molar-refractivity contribution in [2.45, 2.75) is 13.2 Å². The molecule has 1 aliphatic heterocycles. The van der Waals surface area contributed by atoms with Gasteiger partial charge in [0.15, 0.2) is 11.4 Å². The second-order valence-corrected chi connectivity index (χ2v) is 4.93. The molecule has 0 aliphatic carbocycles. The molecule has 0 radical (unpaired) electrons. The van der Waals surface area contributed by atoms with E-state index in [9.17, 15) is 4.79 Å². The van der Waals surface area contributed by atoms with Crippen LogP contribution in [0.3, 0.4) is 0 Å². The lowest BCUT2D eigenvalue weighted by Crippen LogP contribution is -1.97. The predicted octanol–water partition coefficient (Wildman–Crippen LogP) is 2.36. The van der Waals surface area contributed by atoms with Gasteiger partial charge in [0.1, 0.15) is 0 Å². The average molecular weight is 262 g/mol. The summed E-state index contributed by atoms with van der Waals surface area (Å²) in [6.45, 7) is 2.84. The molecule has 1 aromatic carbocycles. The first-order chi connectivity index (χ1) is 8.75. The fourth-order valence-electron chi connectivity index (χ4n) is 1.55. The minimum atomic E-state index is -0.236. The van der Waals surface area contributed by atoms with E-state index in [2.05, 4.69) is 11.8 Å². The molecule has 0 amide bonds. The Hall–Kier alpha value is -1.28. The van der Waals surface area contributed by atoms with E-state index in [0.29, 0.717) is 19.0 Å². The summed E-state index contributed by atoms with van der Waals surface area (Å²) in [5.41, 5.74) is 1.94. The molecule has 4 heteroatoms. The zero-order valence-corrected chi connectivity index (χ0v) is 11.0. The van der Waals surface area contributed by atoms with Crippen molar-refractivity contribution in [2.75, 3.05) is 19.0 Å². The number of hydrogen-bond acceptors (Lipinski definition) is 4.